The molecule has 0 bridgehead atoms. The molecule has 5 rings (SSSR count). The van der Waals surface area contributed by atoms with Gasteiger partial charge in [0.1, 0.15) is 17.8 Å². The number of esters is 1. The van der Waals surface area contributed by atoms with Crippen LogP contribution in [-0.4, -0.2) is 38.7 Å². The predicted molar refractivity (Wildman–Crippen MR) is 141 cm³/mol. The number of benzene rings is 2. The zero-order chi connectivity index (χ0) is 27.2. The van der Waals surface area contributed by atoms with Crippen LogP contribution in [0.1, 0.15) is 49.1 Å². The van der Waals surface area contributed by atoms with Crippen molar-refractivity contribution in [3.8, 4) is 11.5 Å². The van der Waals surface area contributed by atoms with Crippen molar-refractivity contribution in [1.82, 2.24) is 20.1 Å². The van der Waals surface area contributed by atoms with Gasteiger partial charge >= 0.3 is 5.97 Å². The van der Waals surface area contributed by atoms with Gasteiger partial charge in [-0.15, -0.1) is 0 Å². The third kappa shape index (κ3) is 6.29. The minimum atomic E-state index is -0.460. The number of aryl methyl sites for hydroxylation is 2. The number of allylic oxidation sites excluding steroid dienone is 3. The lowest BCUT2D eigenvalue weighted by molar-refractivity contribution is -0.140. The minimum Gasteiger partial charge on any atom is -0.508 e. The maximum atomic E-state index is 12.9. The first-order chi connectivity index (χ1) is 18.2. The van der Waals surface area contributed by atoms with Crippen molar-refractivity contribution in [2.45, 2.75) is 45.6 Å². The summed E-state index contributed by atoms with van der Waals surface area (Å²) in [5, 5.41) is 16.2. The van der Waals surface area contributed by atoms with Gasteiger partial charge in [-0.05, 0) is 49.6 Å². The van der Waals surface area contributed by atoms with Crippen LogP contribution in [0.5, 0.6) is 11.5 Å². The van der Waals surface area contributed by atoms with Crippen LogP contribution in [0.2, 0.25) is 0 Å². The molecule has 1 atom stereocenters. The van der Waals surface area contributed by atoms with Gasteiger partial charge in [0, 0.05) is 42.8 Å². The maximum absolute atomic E-state index is 12.9. The Bertz CT molecular complexity index is 1390. The summed E-state index contributed by atoms with van der Waals surface area (Å²) in [6, 6.07) is 14.9. The third-order valence-corrected chi connectivity index (χ3v) is 6.53. The Morgan fingerprint density at radius 3 is 2.61 bits per heavy atom. The number of nitrogens with one attached hydrogen (secondary N) is 1. The maximum Gasteiger partial charge on any atom is 0.336 e. The van der Waals surface area contributed by atoms with Crippen molar-refractivity contribution >= 4 is 11.8 Å². The number of para-hydroxylation sites is 1. The number of hydrogen-bond donors (Lipinski definition) is 2. The predicted octanol–water partition coefficient (Wildman–Crippen LogP) is 4.24. The third-order valence-electron chi connectivity index (χ3n) is 6.53. The van der Waals surface area contributed by atoms with E-state index in [4.69, 9.17) is 14.6 Å². The molecule has 1 aliphatic heterocycles. The molecule has 2 N–H and O–H groups in total. The summed E-state index contributed by atoms with van der Waals surface area (Å²) < 4.78 is 12.4. The van der Waals surface area contributed by atoms with E-state index in [1.165, 1.54) is 0 Å². The van der Waals surface area contributed by atoms with E-state index in [0.29, 0.717) is 41.3 Å². The molecule has 0 saturated carbocycles. The molecule has 0 unspecified atom stereocenters. The van der Waals surface area contributed by atoms with E-state index in [2.05, 4.69) is 15.4 Å². The average molecular weight is 517 g/mol. The smallest absolute Gasteiger partial charge is 0.336 e. The fraction of sp³-hybridized carbons (Fsp3) is 0.310. The fourth-order valence-electron chi connectivity index (χ4n) is 4.64. The molecule has 2 aliphatic rings. The number of carbonyl (C=O) groups is 2. The fourth-order valence-corrected chi connectivity index (χ4v) is 4.64. The average Bonchev–Trinajstić information content (AvgIpc) is 3.32. The van der Waals surface area contributed by atoms with Gasteiger partial charge in [0.05, 0.1) is 12.7 Å². The number of ether oxygens (including phenoxy) is 2. The largest absolute Gasteiger partial charge is 0.508 e. The van der Waals surface area contributed by atoms with Crippen LogP contribution in [0.25, 0.3) is 0 Å². The number of aromatic hydroxyl groups is 1. The van der Waals surface area contributed by atoms with Crippen LogP contribution >= 0.6 is 0 Å². The number of dihydropyridines is 1. The monoisotopic (exact) mass is 516 g/mol. The molecule has 3 aromatic rings. The molecule has 2 heterocycles. The molecule has 1 aromatic heterocycles. The van der Waals surface area contributed by atoms with Crippen molar-refractivity contribution in [2.24, 2.45) is 7.05 Å². The summed E-state index contributed by atoms with van der Waals surface area (Å²) in [5.74, 6) is 1.18. The van der Waals surface area contributed by atoms with E-state index in [9.17, 15) is 9.59 Å². The number of Topliss-reactive ketones (excluding diaryl/α,β-unsaturated/α-hetero) is 1. The zero-order valence-corrected chi connectivity index (χ0v) is 22.0. The first-order valence-electron chi connectivity index (χ1n) is 12.4. The number of phenols is 1. The van der Waals surface area contributed by atoms with E-state index in [0.717, 1.165) is 22.6 Å². The van der Waals surface area contributed by atoms with Crippen molar-refractivity contribution in [2.75, 3.05) is 7.11 Å². The number of phenolic OH excluding ortho intramolecular Hbond substituents is 1. The quantitative estimate of drug-likeness (QED) is 0.484. The summed E-state index contributed by atoms with van der Waals surface area (Å²) in [7, 11) is 3.38. The van der Waals surface area contributed by atoms with Crippen LogP contribution in [0.4, 0.5) is 0 Å². The lowest BCUT2D eigenvalue weighted by Gasteiger charge is -2.32. The zero-order valence-electron chi connectivity index (χ0n) is 22.0. The number of aromatic nitrogens is 3. The summed E-state index contributed by atoms with van der Waals surface area (Å²) >= 11 is 0. The Kier molecular flexibility index (Phi) is 8.25. The highest BCUT2D eigenvalue weighted by Gasteiger charge is 2.34. The lowest BCUT2D eigenvalue weighted by atomic mass is 9.78. The highest BCUT2D eigenvalue weighted by molar-refractivity contribution is 6.01. The standard InChI is InChI=1S/C22H24N4O4.C7H8O/c1-13-16(22(28)30-11-21-23-12-26(2)25-21)10-17-18(24-13)8-14(9-19(17)27)15-6-4-5-7-20(15)29-3;1-6-3-2-4-7(8)5-6/h4-7,12,14,24H,8-11H2,1-3H3;2-5,8H,1H3/t14-;/m1./s1. The number of carbonyl (C=O) groups excluding carboxylic acids is 2. The molecule has 0 saturated heterocycles. The van der Waals surface area contributed by atoms with Crippen LogP contribution in [0.15, 0.2) is 77.4 Å². The number of hydrogen-bond acceptors (Lipinski definition) is 8. The Morgan fingerprint density at radius 1 is 1.16 bits per heavy atom. The molecule has 2 aromatic carbocycles. The van der Waals surface area contributed by atoms with Crippen molar-refractivity contribution in [3.05, 3.63) is 94.3 Å². The highest BCUT2D eigenvalue weighted by Crippen LogP contribution is 2.41. The van der Waals surface area contributed by atoms with E-state index in [-0.39, 0.29) is 24.7 Å². The van der Waals surface area contributed by atoms with E-state index in [1.807, 2.05) is 50.2 Å². The molecule has 0 radical (unpaired) electrons. The second kappa shape index (κ2) is 11.8. The van der Waals surface area contributed by atoms with Crippen LogP contribution in [0, 0.1) is 6.92 Å². The van der Waals surface area contributed by atoms with Crippen molar-refractivity contribution in [3.63, 3.8) is 0 Å². The molecular weight excluding hydrogens is 484 g/mol. The van der Waals surface area contributed by atoms with Gasteiger partial charge < -0.3 is 19.9 Å². The number of rotatable bonds is 5. The van der Waals surface area contributed by atoms with Gasteiger partial charge in [-0.25, -0.2) is 9.78 Å². The number of nitrogens with zero attached hydrogens (tertiary/aromatic N) is 3. The second-order valence-electron chi connectivity index (χ2n) is 9.38. The normalized spacial score (nSPS) is 16.7. The van der Waals surface area contributed by atoms with Crippen LogP contribution in [0.3, 0.4) is 0 Å². The first-order valence-corrected chi connectivity index (χ1v) is 12.4. The van der Waals surface area contributed by atoms with E-state index >= 15 is 0 Å². The summed E-state index contributed by atoms with van der Waals surface area (Å²) in [6.45, 7) is 3.77. The first kappa shape index (κ1) is 26.7. The van der Waals surface area contributed by atoms with Crippen LogP contribution < -0.4 is 10.1 Å². The topological polar surface area (TPSA) is 116 Å². The molecule has 9 nitrogen and oxygen atoms in total. The van der Waals surface area contributed by atoms with Gasteiger partial charge in [-0.1, -0.05) is 30.3 Å². The molecule has 0 amide bonds. The summed E-state index contributed by atoms with van der Waals surface area (Å²) in [4.78, 5) is 29.6. The van der Waals surface area contributed by atoms with E-state index in [1.54, 1.807) is 37.3 Å². The molecule has 0 spiro atoms. The summed E-state index contributed by atoms with van der Waals surface area (Å²) in [5.41, 5.74) is 4.83. The van der Waals surface area contributed by atoms with Gasteiger partial charge in [0.2, 0.25) is 0 Å². The van der Waals surface area contributed by atoms with Crippen LogP contribution in [-0.2, 0) is 28.0 Å². The SMILES string of the molecule is COc1ccccc1[C@H]1CC(=O)C2=C(C1)NC(C)=C(C(=O)OCc1ncn(C)n1)C2.Cc1cccc(O)c1. The Balaban J connectivity index is 0.000000360. The molecule has 198 valence electrons. The molecule has 9 heteroatoms. The summed E-state index contributed by atoms with van der Waals surface area (Å²) in [6.07, 6.45) is 2.91. The van der Waals surface area contributed by atoms with Gasteiger partial charge in [-0.3, -0.25) is 9.48 Å². The number of methoxy groups -OCH3 is 1. The molecule has 0 fully saturated rings. The van der Waals surface area contributed by atoms with Gasteiger partial charge in [-0.2, -0.15) is 5.10 Å². The number of ketones is 1. The Hall–Kier alpha value is -4.40. The Morgan fingerprint density at radius 2 is 1.95 bits per heavy atom. The van der Waals surface area contributed by atoms with Crippen molar-refractivity contribution in [1.29, 1.82) is 0 Å². The molecule has 38 heavy (non-hydrogen) atoms. The highest BCUT2D eigenvalue weighted by atomic mass is 16.5. The van der Waals surface area contributed by atoms with Gasteiger partial charge in [0.15, 0.2) is 18.2 Å². The Labute approximate surface area is 221 Å². The second-order valence-corrected chi connectivity index (χ2v) is 9.38. The van der Waals surface area contributed by atoms with Crippen molar-refractivity contribution < 1.29 is 24.2 Å². The minimum absolute atomic E-state index is 0.00776. The van der Waals surface area contributed by atoms with E-state index < -0.39 is 5.97 Å². The molecule has 1 aliphatic carbocycles. The van der Waals surface area contributed by atoms with Gasteiger partial charge in [0.25, 0.3) is 0 Å². The lowest BCUT2D eigenvalue weighted by Crippen LogP contribution is -2.31. The molecular formula is C29H32N4O5.